The molecule has 0 aliphatic heterocycles. The van der Waals surface area contributed by atoms with E-state index in [-0.39, 0.29) is 0 Å². The molecule has 0 saturated carbocycles. The van der Waals surface area contributed by atoms with Crippen LogP contribution in [0.25, 0.3) is 5.70 Å². The number of pyridine rings is 1. The molecule has 0 atom stereocenters. The fourth-order valence-corrected chi connectivity index (χ4v) is 2.21. The monoisotopic (exact) mass is 338 g/mol. The van der Waals surface area contributed by atoms with E-state index in [0.29, 0.717) is 5.70 Å². The van der Waals surface area contributed by atoms with Gasteiger partial charge in [-0.3, -0.25) is 0 Å². The fourth-order valence-electron chi connectivity index (χ4n) is 2.21. The Kier molecular flexibility index (Phi) is 5.68. The van der Waals surface area contributed by atoms with Crippen LogP contribution in [0.4, 0.5) is 5.69 Å². The molecule has 0 bridgehead atoms. The molecule has 128 valence electrons. The number of allylic oxidation sites excluding steroid dienone is 2. The Morgan fingerprint density at radius 2 is 1.64 bits per heavy atom. The Morgan fingerprint density at radius 1 is 1.04 bits per heavy atom. The molecule has 0 amide bonds. The summed E-state index contributed by atoms with van der Waals surface area (Å²) in [6.45, 7) is 0. The zero-order valence-electron chi connectivity index (χ0n) is 13.9. The summed E-state index contributed by atoms with van der Waals surface area (Å²) >= 11 is 0. The molecule has 6 heteroatoms. The Labute approximate surface area is 145 Å². The first-order valence-corrected chi connectivity index (χ1v) is 7.51. The Bertz CT molecular complexity index is 806. The third-order valence-corrected chi connectivity index (χ3v) is 3.53. The lowest BCUT2D eigenvalue weighted by atomic mass is 10.1. The number of carboxylic acid groups (broad SMARTS) is 2. The van der Waals surface area contributed by atoms with Gasteiger partial charge in [0.2, 0.25) is 5.70 Å². The molecular formula is C19H18N2O4. The number of benzene rings is 1. The van der Waals surface area contributed by atoms with Crippen molar-refractivity contribution in [3.63, 3.8) is 0 Å². The maximum atomic E-state index is 11.0. The molecule has 1 aromatic heterocycles. The number of hydrogen-bond acceptors (Lipinski definition) is 4. The summed E-state index contributed by atoms with van der Waals surface area (Å²) in [5, 5.41) is 19.9. The Hall–Kier alpha value is -3.41. The summed E-state index contributed by atoms with van der Waals surface area (Å²) in [6, 6.07) is 13.1. The lowest BCUT2D eigenvalue weighted by molar-refractivity contribution is -0.579. The standard InChI is InChI=1S/C19H18N2O4/c1-20(2)15-10-12-21(13-11-15)17(14-6-4-3-5-7-14)9-8-16(18(22)23)19(24)25/h3-13H,1-2H3,(H-,22,23,24,25). The van der Waals surface area contributed by atoms with Crippen LogP contribution in [0, 0.1) is 0 Å². The summed E-state index contributed by atoms with van der Waals surface area (Å²) in [6.07, 6.45) is 6.12. The number of aliphatic carboxylic acids is 2. The smallest absolute Gasteiger partial charge is 0.337 e. The van der Waals surface area contributed by atoms with E-state index in [1.54, 1.807) is 4.57 Å². The molecule has 0 unspecified atom stereocenters. The molecule has 1 heterocycles. The van der Waals surface area contributed by atoms with Gasteiger partial charge in [0.15, 0.2) is 12.4 Å². The summed E-state index contributed by atoms with van der Waals surface area (Å²) in [4.78, 5) is 23.9. The lowest BCUT2D eigenvalue weighted by Gasteiger charge is -2.11. The molecule has 25 heavy (non-hydrogen) atoms. The van der Waals surface area contributed by atoms with E-state index in [4.69, 9.17) is 5.11 Å². The van der Waals surface area contributed by atoms with Crippen molar-refractivity contribution in [3.8, 4) is 0 Å². The summed E-state index contributed by atoms with van der Waals surface area (Å²) in [5.41, 5.74) is 1.63. The molecule has 0 fully saturated rings. The maximum Gasteiger partial charge on any atom is 0.337 e. The number of carboxylic acids is 2. The van der Waals surface area contributed by atoms with Gasteiger partial charge in [-0.05, 0) is 18.2 Å². The van der Waals surface area contributed by atoms with Crippen molar-refractivity contribution >= 4 is 23.3 Å². The van der Waals surface area contributed by atoms with Gasteiger partial charge in [0.1, 0.15) is 0 Å². The molecule has 0 radical (unpaired) electrons. The summed E-state index contributed by atoms with van der Waals surface area (Å²) in [7, 11) is 3.85. The number of carbonyl (C=O) groups excluding carboxylic acids is 1. The van der Waals surface area contributed by atoms with Gasteiger partial charge in [-0.25, -0.2) is 4.79 Å². The van der Waals surface area contributed by atoms with Crippen LogP contribution in [-0.2, 0) is 9.59 Å². The van der Waals surface area contributed by atoms with E-state index in [1.807, 2.05) is 73.9 Å². The van der Waals surface area contributed by atoms with Crippen molar-refractivity contribution < 1.29 is 24.4 Å². The highest BCUT2D eigenvalue weighted by atomic mass is 16.4. The molecule has 2 rings (SSSR count). The minimum absolute atomic E-state index is 0.630. The minimum Gasteiger partial charge on any atom is -0.545 e. The molecular weight excluding hydrogens is 320 g/mol. The van der Waals surface area contributed by atoms with E-state index in [0.717, 1.165) is 17.3 Å². The fraction of sp³-hybridized carbons (Fsp3) is 0.105. The van der Waals surface area contributed by atoms with Gasteiger partial charge in [-0.1, -0.05) is 18.2 Å². The van der Waals surface area contributed by atoms with Crippen molar-refractivity contribution in [1.82, 2.24) is 0 Å². The largest absolute Gasteiger partial charge is 0.545 e. The van der Waals surface area contributed by atoms with E-state index in [1.165, 1.54) is 6.08 Å². The van der Waals surface area contributed by atoms with Crippen LogP contribution < -0.4 is 14.6 Å². The van der Waals surface area contributed by atoms with Gasteiger partial charge >= 0.3 is 5.97 Å². The number of carbonyl (C=O) groups is 2. The van der Waals surface area contributed by atoms with Crippen molar-refractivity contribution in [1.29, 1.82) is 0 Å². The first-order chi connectivity index (χ1) is 11.9. The van der Waals surface area contributed by atoms with Crippen LogP contribution in [-0.4, -0.2) is 31.1 Å². The SMILES string of the molecule is CN(C)c1cc[n+](C(=CC=C(C(=O)[O-])C(=O)O)c2ccccc2)cc1. The molecule has 1 aromatic carbocycles. The molecule has 1 N–H and O–H groups in total. The zero-order chi connectivity index (χ0) is 18.4. The minimum atomic E-state index is -1.73. The Morgan fingerprint density at radius 3 is 2.12 bits per heavy atom. The van der Waals surface area contributed by atoms with Crippen molar-refractivity contribution in [2.75, 3.05) is 19.0 Å². The third kappa shape index (κ3) is 4.54. The third-order valence-electron chi connectivity index (χ3n) is 3.53. The predicted octanol–water partition coefficient (Wildman–Crippen LogP) is 0.690. The molecule has 0 aliphatic rings. The van der Waals surface area contributed by atoms with Gasteiger partial charge in [-0.15, -0.1) is 0 Å². The van der Waals surface area contributed by atoms with Crippen LogP contribution in [0.2, 0.25) is 0 Å². The highest BCUT2D eigenvalue weighted by Gasteiger charge is 2.14. The molecule has 0 aliphatic carbocycles. The van der Waals surface area contributed by atoms with Gasteiger partial charge in [0, 0.05) is 43.6 Å². The number of hydrogen-bond donors (Lipinski definition) is 1. The summed E-state index contributed by atoms with van der Waals surface area (Å²) in [5.74, 6) is -3.28. The van der Waals surface area contributed by atoms with Crippen LogP contribution in [0.3, 0.4) is 0 Å². The van der Waals surface area contributed by atoms with Crippen LogP contribution in [0.15, 0.2) is 72.6 Å². The van der Waals surface area contributed by atoms with E-state index >= 15 is 0 Å². The normalized spacial score (nSPS) is 11.9. The maximum absolute atomic E-state index is 11.0. The van der Waals surface area contributed by atoms with Crippen LogP contribution >= 0.6 is 0 Å². The molecule has 6 nitrogen and oxygen atoms in total. The average Bonchev–Trinajstić information content (AvgIpc) is 2.59. The number of aromatic nitrogens is 1. The van der Waals surface area contributed by atoms with Gasteiger partial charge < -0.3 is 19.9 Å². The summed E-state index contributed by atoms with van der Waals surface area (Å²) < 4.78 is 1.79. The number of rotatable bonds is 6. The topological polar surface area (TPSA) is 84.5 Å². The second kappa shape index (κ2) is 7.92. The van der Waals surface area contributed by atoms with E-state index in [9.17, 15) is 14.7 Å². The highest BCUT2D eigenvalue weighted by Crippen LogP contribution is 2.14. The number of anilines is 1. The van der Waals surface area contributed by atoms with Crippen LogP contribution in [0.1, 0.15) is 5.56 Å². The predicted molar refractivity (Wildman–Crippen MR) is 91.5 cm³/mol. The van der Waals surface area contributed by atoms with Crippen molar-refractivity contribution in [2.45, 2.75) is 0 Å². The van der Waals surface area contributed by atoms with Crippen molar-refractivity contribution in [3.05, 3.63) is 78.1 Å². The van der Waals surface area contributed by atoms with E-state index in [2.05, 4.69) is 0 Å². The van der Waals surface area contributed by atoms with Gasteiger partial charge in [0.25, 0.3) is 0 Å². The Balaban J connectivity index is 2.54. The molecule has 2 aromatic rings. The van der Waals surface area contributed by atoms with Crippen molar-refractivity contribution in [2.24, 2.45) is 0 Å². The van der Waals surface area contributed by atoms with Gasteiger partial charge in [-0.2, -0.15) is 4.57 Å². The van der Waals surface area contributed by atoms with E-state index < -0.39 is 17.5 Å². The first-order valence-electron chi connectivity index (χ1n) is 7.51. The van der Waals surface area contributed by atoms with Crippen LogP contribution in [0.5, 0.6) is 0 Å². The second-order valence-corrected chi connectivity index (χ2v) is 5.45. The quantitative estimate of drug-likeness (QED) is 0.275. The first kappa shape index (κ1) is 17.9. The average molecular weight is 338 g/mol. The van der Waals surface area contributed by atoms with Gasteiger partial charge in [0.05, 0.1) is 11.5 Å². The second-order valence-electron chi connectivity index (χ2n) is 5.45. The zero-order valence-corrected chi connectivity index (χ0v) is 13.9. The highest BCUT2D eigenvalue weighted by molar-refractivity contribution is 6.11. The molecule has 0 saturated heterocycles. The number of nitrogens with zero attached hydrogens (tertiary/aromatic N) is 2. The lowest BCUT2D eigenvalue weighted by Crippen LogP contribution is -2.32. The molecule has 0 spiro atoms.